The molecule has 2 atom stereocenters. The molecule has 2 aromatic heterocycles. The van der Waals surface area contributed by atoms with Crippen molar-refractivity contribution in [1.82, 2.24) is 20.4 Å². The fourth-order valence-corrected chi connectivity index (χ4v) is 4.92. The number of aromatic nitrogens is 4. The number of amides is 1. The Morgan fingerprint density at radius 2 is 2.00 bits per heavy atom. The Balaban J connectivity index is 1.18. The van der Waals surface area contributed by atoms with Gasteiger partial charge in [0.15, 0.2) is 11.9 Å². The summed E-state index contributed by atoms with van der Waals surface area (Å²) in [6, 6.07) is 10.8. The number of nitrogens with zero attached hydrogens (tertiary/aromatic N) is 6. The lowest BCUT2D eigenvalue weighted by atomic mass is 10.0. The standard InChI is InChI=1S/C22H24F2N8O2S/c1-34-18(14-4-2-5-16(10-14)32-12-22(23,24)13-32)19(33)27-21-30-29-20(35-21)26-15-7-9-31(11-15)17-6-3-8-25-28-17/h2-6,8,10,15,18H,7,9,11-13H2,1H3,(H,26,29)(H,27,30,33)/t15-,18+/m1/s1. The SMILES string of the molecule is CO[C@H](C(=O)Nc1nnc(N[C@@H]2CCN(c3cccnn3)C2)s1)c1cccc(N2CC(F)(F)C2)c1. The Bertz CT molecular complexity index is 1170. The molecule has 1 aromatic carbocycles. The molecule has 0 aliphatic carbocycles. The monoisotopic (exact) mass is 502 g/mol. The number of ether oxygens (including phenoxy) is 1. The van der Waals surface area contributed by atoms with E-state index in [0.29, 0.717) is 21.5 Å². The second-order valence-electron chi connectivity index (χ2n) is 8.48. The van der Waals surface area contributed by atoms with Gasteiger partial charge in [0.05, 0.1) is 13.1 Å². The molecule has 0 unspecified atom stereocenters. The lowest BCUT2D eigenvalue weighted by Gasteiger charge is -2.40. The van der Waals surface area contributed by atoms with Crippen molar-refractivity contribution in [2.24, 2.45) is 0 Å². The van der Waals surface area contributed by atoms with Gasteiger partial charge in [-0.1, -0.05) is 23.5 Å². The lowest BCUT2D eigenvalue weighted by Crippen LogP contribution is -2.56. The summed E-state index contributed by atoms with van der Waals surface area (Å²) in [5, 5.41) is 23.3. The van der Waals surface area contributed by atoms with Gasteiger partial charge >= 0.3 is 0 Å². The van der Waals surface area contributed by atoms with Crippen LogP contribution < -0.4 is 20.4 Å². The molecule has 4 heterocycles. The van der Waals surface area contributed by atoms with Gasteiger partial charge in [0, 0.05) is 38.1 Å². The third kappa shape index (κ3) is 5.30. The van der Waals surface area contributed by atoms with Crippen LogP contribution in [0.1, 0.15) is 18.1 Å². The highest BCUT2D eigenvalue weighted by atomic mass is 32.1. The Morgan fingerprint density at radius 3 is 2.74 bits per heavy atom. The summed E-state index contributed by atoms with van der Waals surface area (Å²) in [6.45, 7) is 0.935. The molecule has 2 fully saturated rings. The van der Waals surface area contributed by atoms with E-state index in [1.807, 2.05) is 12.1 Å². The molecule has 0 radical (unpaired) electrons. The van der Waals surface area contributed by atoms with Crippen LogP contribution in [0.3, 0.4) is 0 Å². The van der Waals surface area contributed by atoms with Crippen molar-refractivity contribution < 1.29 is 18.3 Å². The Labute approximate surface area is 204 Å². The van der Waals surface area contributed by atoms with Crippen molar-refractivity contribution in [1.29, 1.82) is 0 Å². The molecule has 1 amide bonds. The molecule has 5 rings (SSSR count). The van der Waals surface area contributed by atoms with Gasteiger partial charge in [-0.05, 0) is 36.2 Å². The van der Waals surface area contributed by atoms with E-state index in [9.17, 15) is 13.6 Å². The van der Waals surface area contributed by atoms with Crippen LogP contribution in [0, 0.1) is 0 Å². The maximum Gasteiger partial charge on any atom is 0.282 e. The molecule has 35 heavy (non-hydrogen) atoms. The minimum absolute atomic E-state index is 0.164. The molecular weight excluding hydrogens is 478 g/mol. The maximum absolute atomic E-state index is 13.2. The van der Waals surface area contributed by atoms with E-state index in [0.717, 1.165) is 25.3 Å². The van der Waals surface area contributed by atoms with Crippen LogP contribution in [0.4, 0.5) is 30.5 Å². The first kappa shape index (κ1) is 23.3. The summed E-state index contributed by atoms with van der Waals surface area (Å²) in [4.78, 5) is 16.6. The number of anilines is 4. The highest BCUT2D eigenvalue weighted by molar-refractivity contribution is 7.19. The average molecular weight is 503 g/mol. The van der Waals surface area contributed by atoms with Crippen LogP contribution in [0.25, 0.3) is 0 Å². The minimum Gasteiger partial charge on any atom is -0.367 e. The van der Waals surface area contributed by atoms with E-state index < -0.39 is 17.9 Å². The third-order valence-electron chi connectivity index (χ3n) is 5.91. The molecule has 13 heteroatoms. The summed E-state index contributed by atoms with van der Waals surface area (Å²) in [5.41, 5.74) is 1.19. The predicted molar refractivity (Wildman–Crippen MR) is 128 cm³/mol. The molecule has 2 aliphatic rings. The van der Waals surface area contributed by atoms with Gasteiger partial charge < -0.3 is 19.9 Å². The number of rotatable bonds is 8. The summed E-state index contributed by atoms with van der Waals surface area (Å²) < 4.78 is 31.9. The zero-order chi connectivity index (χ0) is 24.4. The summed E-state index contributed by atoms with van der Waals surface area (Å²) in [5.74, 6) is -2.26. The normalized spacial score (nSPS) is 19.8. The largest absolute Gasteiger partial charge is 0.367 e. The Hall–Kier alpha value is -3.45. The number of alkyl halides is 2. The zero-order valence-electron chi connectivity index (χ0n) is 18.9. The number of halogens is 2. The van der Waals surface area contributed by atoms with Gasteiger partial charge in [-0.2, -0.15) is 5.10 Å². The number of carbonyl (C=O) groups is 1. The van der Waals surface area contributed by atoms with Crippen molar-refractivity contribution in [3.8, 4) is 0 Å². The van der Waals surface area contributed by atoms with E-state index in [-0.39, 0.29) is 19.1 Å². The van der Waals surface area contributed by atoms with E-state index in [2.05, 4.69) is 35.9 Å². The molecule has 3 aromatic rings. The molecule has 2 aliphatic heterocycles. The van der Waals surface area contributed by atoms with Crippen LogP contribution in [-0.2, 0) is 9.53 Å². The second-order valence-corrected chi connectivity index (χ2v) is 9.46. The van der Waals surface area contributed by atoms with Crippen LogP contribution in [0.15, 0.2) is 42.6 Å². The zero-order valence-corrected chi connectivity index (χ0v) is 19.7. The number of hydrogen-bond acceptors (Lipinski definition) is 10. The molecule has 0 saturated carbocycles. The Kier molecular flexibility index (Phi) is 6.43. The topological polar surface area (TPSA) is 108 Å². The molecular formula is C22H24F2N8O2S. The molecule has 2 N–H and O–H groups in total. The first-order valence-corrected chi connectivity index (χ1v) is 11.9. The fraction of sp³-hybridized carbons (Fsp3) is 0.409. The van der Waals surface area contributed by atoms with E-state index in [1.165, 1.54) is 18.4 Å². The Morgan fingerprint density at radius 1 is 1.17 bits per heavy atom. The highest BCUT2D eigenvalue weighted by Crippen LogP contribution is 2.33. The van der Waals surface area contributed by atoms with Gasteiger partial charge in [-0.25, -0.2) is 8.78 Å². The lowest BCUT2D eigenvalue weighted by molar-refractivity contribution is -0.126. The number of carbonyl (C=O) groups excluding carboxylic acids is 1. The molecule has 0 spiro atoms. The molecule has 184 valence electrons. The smallest absolute Gasteiger partial charge is 0.282 e. The van der Waals surface area contributed by atoms with E-state index in [4.69, 9.17) is 4.74 Å². The molecule has 10 nitrogen and oxygen atoms in total. The van der Waals surface area contributed by atoms with Crippen LogP contribution in [-0.4, -0.2) is 71.6 Å². The van der Waals surface area contributed by atoms with Gasteiger partial charge in [0.25, 0.3) is 11.8 Å². The number of nitrogens with one attached hydrogen (secondary N) is 2. The van der Waals surface area contributed by atoms with Crippen molar-refractivity contribution in [3.05, 3.63) is 48.2 Å². The van der Waals surface area contributed by atoms with Gasteiger partial charge in [-0.3, -0.25) is 10.1 Å². The van der Waals surface area contributed by atoms with Gasteiger partial charge in [-0.15, -0.1) is 15.3 Å². The van der Waals surface area contributed by atoms with Crippen molar-refractivity contribution >= 4 is 39.0 Å². The minimum atomic E-state index is -2.68. The van der Waals surface area contributed by atoms with Gasteiger partial charge in [0.2, 0.25) is 10.3 Å². The van der Waals surface area contributed by atoms with Crippen LogP contribution >= 0.6 is 11.3 Å². The number of hydrogen-bond donors (Lipinski definition) is 2. The number of benzene rings is 1. The third-order valence-corrected chi connectivity index (χ3v) is 6.68. The van der Waals surface area contributed by atoms with Crippen molar-refractivity contribution in [3.63, 3.8) is 0 Å². The van der Waals surface area contributed by atoms with Crippen LogP contribution in [0.5, 0.6) is 0 Å². The average Bonchev–Trinajstić information content (AvgIpc) is 3.48. The van der Waals surface area contributed by atoms with E-state index >= 15 is 0 Å². The van der Waals surface area contributed by atoms with Crippen molar-refractivity contribution in [2.45, 2.75) is 24.5 Å². The predicted octanol–water partition coefficient (Wildman–Crippen LogP) is 2.80. The van der Waals surface area contributed by atoms with Crippen LogP contribution in [0.2, 0.25) is 0 Å². The maximum atomic E-state index is 13.2. The first-order chi connectivity index (χ1) is 16.9. The van der Waals surface area contributed by atoms with Gasteiger partial charge in [0.1, 0.15) is 0 Å². The first-order valence-electron chi connectivity index (χ1n) is 11.1. The van der Waals surface area contributed by atoms with E-state index in [1.54, 1.807) is 35.4 Å². The highest BCUT2D eigenvalue weighted by Gasteiger charge is 2.44. The molecule has 2 saturated heterocycles. The quantitative estimate of drug-likeness (QED) is 0.481. The number of methoxy groups -OCH3 is 1. The molecule has 0 bridgehead atoms. The second kappa shape index (κ2) is 9.66. The van der Waals surface area contributed by atoms with Crippen molar-refractivity contribution in [2.75, 3.05) is 53.7 Å². The fourth-order valence-electron chi connectivity index (χ4n) is 4.20. The summed E-state index contributed by atoms with van der Waals surface area (Å²) in [6.07, 6.45) is 1.63. The summed E-state index contributed by atoms with van der Waals surface area (Å²) in [7, 11) is 1.42. The summed E-state index contributed by atoms with van der Waals surface area (Å²) >= 11 is 1.23.